The Morgan fingerprint density at radius 1 is 1.25 bits per heavy atom. The Hall–Kier alpha value is -2.64. The molecule has 0 aliphatic rings. The molecule has 1 amide bonds. The van der Waals surface area contributed by atoms with E-state index in [4.69, 9.17) is 10.2 Å². The topological polar surface area (TPSA) is 126 Å². The van der Waals surface area contributed by atoms with Gasteiger partial charge in [0, 0.05) is 25.2 Å². The van der Waals surface area contributed by atoms with Crippen LogP contribution in [0.1, 0.15) is 12.8 Å². The highest BCUT2D eigenvalue weighted by Gasteiger charge is 2.22. The van der Waals surface area contributed by atoms with Crippen molar-refractivity contribution in [3.63, 3.8) is 0 Å². The summed E-state index contributed by atoms with van der Waals surface area (Å²) in [6.45, 7) is 0.0882. The molecule has 0 unspecified atom stereocenters. The van der Waals surface area contributed by atoms with E-state index in [0.29, 0.717) is 0 Å². The number of aryl methyl sites for hydroxylation is 1. The Balaban J connectivity index is 2.54. The monoisotopic (exact) mass is 282 g/mol. The first-order valence-electron chi connectivity index (χ1n) is 5.79. The van der Waals surface area contributed by atoms with E-state index >= 15 is 0 Å². The highest BCUT2D eigenvalue weighted by molar-refractivity contribution is 5.86. The first-order valence-corrected chi connectivity index (χ1v) is 5.79. The zero-order valence-electron chi connectivity index (χ0n) is 10.5. The SMILES string of the molecule is O=C(O)C[C@H](NC(=O)CCn1ccccc1=O)C(=O)O. The van der Waals surface area contributed by atoms with Crippen molar-refractivity contribution >= 4 is 17.8 Å². The average molecular weight is 282 g/mol. The van der Waals surface area contributed by atoms with Gasteiger partial charge in [-0.2, -0.15) is 0 Å². The Morgan fingerprint density at radius 2 is 1.95 bits per heavy atom. The Morgan fingerprint density at radius 3 is 2.50 bits per heavy atom. The Labute approximate surface area is 113 Å². The zero-order chi connectivity index (χ0) is 15.1. The number of nitrogens with one attached hydrogen (secondary N) is 1. The van der Waals surface area contributed by atoms with Gasteiger partial charge >= 0.3 is 11.9 Å². The normalized spacial score (nSPS) is 11.6. The molecule has 1 atom stereocenters. The number of rotatable bonds is 7. The van der Waals surface area contributed by atoms with Crippen LogP contribution < -0.4 is 10.9 Å². The number of aliphatic carboxylic acids is 2. The molecular formula is C12H14N2O6. The summed E-state index contributed by atoms with van der Waals surface area (Å²) in [5.74, 6) is -3.37. The van der Waals surface area contributed by atoms with E-state index in [1.54, 1.807) is 12.1 Å². The number of pyridine rings is 1. The predicted molar refractivity (Wildman–Crippen MR) is 67.1 cm³/mol. The van der Waals surface area contributed by atoms with Crippen molar-refractivity contribution in [2.24, 2.45) is 0 Å². The minimum atomic E-state index is -1.48. The second-order valence-corrected chi connectivity index (χ2v) is 4.04. The number of amides is 1. The molecule has 0 aliphatic carbocycles. The molecule has 1 rings (SSSR count). The molecule has 0 radical (unpaired) electrons. The van der Waals surface area contributed by atoms with Crippen molar-refractivity contribution in [2.45, 2.75) is 25.4 Å². The number of aromatic nitrogens is 1. The Kier molecular flexibility index (Phi) is 5.45. The number of carbonyl (C=O) groups excluding carboxylic acids is 1. The lowest BCUT2D eigenvalue weighted by Crippen LogP contribution is -2.42. The third kappa shape index (κ3) is 4.92. The molecule has 0 spiro atoms. The van der Waals surface area contributed by atoms with Crippen LogP contribution in [0.4, 0.5) is 0 Å². The summed E-state index contributed by atoms with van der Waals surface area (Å²) in [4.78, 5) is 44.1. The molecular weight excluding hydrogens is 268 g/mol. The van der Waals surface area contributed by atoms with E-state index in [-0.39, 0.29) is 18.5 Å². The zero-order valence-corrected chi connectivity index (χ0v) is 10.5. The standard InChI is InChI=1S/C12H14N2O6/c15-9(13-8(12(19)20)7-11(17)18)4-6-14-5-2-1-3-10(14)16/h1-3,5,8H,4,6-7H2,(H,13,15)(H,17,18)(H,19,20)/t8-/m0/s1. The number of nitrogens with zero attached hydrogens (tertiary/aromatic N) is 1. The number of hydrogen-bond donors (Lipinski definition) is 3. The Bertz CT molecular complexity index is 565. The summed E-state index contributed by atoms with van der Waals surface area (Å²) in [5, 5.41) is 19.4. The molecule has 0 bridgehead atoms. The van der Waals surface area contributed by atoms with Gasteiger partial charge in [-0.25, -0.2) is 4.79 Å². The van der Waals surface area contributed by atoms with Crippen LogP contribution in [-0.2, 0) is 20.9 Å². The summed E-state index contributed by atoms with van der Waals surface area (Å²) in [6, 6.07) is 3.05. The van der Waals surface area contributed by atoms with E-state index in [1.165, 1.54) is 16.8 Å². The van der Waals surface area contributed by atoms with Gasteiger partial charge in [0.25, 0.3) is 5.56 Å². The third-order valence-corrected chi connectivity index (χ3v) is 2.49. The largest absolute Gasteiger partial charge is 0.481 e. The van der Waals surface area contributed by atoms with Gasteiger partial charge in [0.2, 0.25) is 5.91 Å². The fourth-order valence-corrected chi connectivity index (χ4v) is 1.51. The van der Waals surface area contributed by atoms with Crippen LogP contribution >= 0.6 is 0 Å². The molecule has 1 aromatic heterocycles. The summed E-state index contributed by atoms with van der Waals surface area (Å²) in [6.07, 6.45) is 0.682. The maximum Gasteiger partial charge on any atom is 0.326 e. The molecule has 8 heteroatoms. The molecule has 8 nitrogen and oxygen atoms in total. The van der Waals surface area contributed by atoms with Crippen LogP contribution in [0.25, 0.3) is 0 Å². The third-order valence-electron chi connectivity index (χ3n) is 2.49. The summed E-state index contributed by atoms with van der Waals surface area (Å²) < 4.78 is 1.30. The van der Waals surface area contributed by atoms with Crippen LogP contribution in [0.5, 0.6) is 0 Å². The van der Waals surface area contributed by atoms with Gasteiger partial charge in [-0.3, -0.25) is 14.4 Å². The number of carboxylic acid groups (broad SMARTS) is 2. The van der Waals surface area contributed by atoms with E-state index < -0.39 is 30.3 Å². The molecule has 0 aliphatic heterocycles. The van der Waals surface area contributed by atoms with Gasteiger partial charge in [0.1, 0.15) is 6.04 Å². The molecule has 20 heavy (non-hydrogen) atoms. The average Bonchev–Trinajstić information content (AvgIpc) is 2.36. The number of carboxylic acids is 2. The van der Waals surface area contributed by atoms with Crippen LogP contribution in [0.15, 0.2) is 29.2 Å². The fourth-order valence-electron chi connectivity index (χ4n) is 1.51. The lowest BCUT2D eigenvalue weighted by Gasteiger charge is -2.12. The van der Waals surface area contributed by atoms with Gasteiger partial charge in [-0.1, -0.05) is 6.07 Å². The second-order valence-electron chi connectivity index (χ2n) is 4.04. The van der Waals surface area contributed by atoms with Gasteiger partial charge in [-0.05, 0) is 6.07 Å². The predicted octanol–water partition coefficient (Wildman–Crippen LogP) is -0.718. The molecule has 0 saturated carbocycles. The van der Waals surface area contributed by atoms with Crippen LogP contribution in [0.3, 0.4) is 0 Å². The van der Waals surface area contributed by atoms with Crippen molar-refractivity contribution in [1.29, 1.82) is 0 Å². The summed E-state index contributed by atoms with van der Waals surface area (Å²) in [7, 11) is 0. The van der Waals surface area contributed by atoms with Gasteiger partial charge in [0.15, 0.2) is 0 Å². The molecule has 0 saturated heterocycles. The van der Waals surface area contributed by atoms with Crippen LogP contribution in [0.2, 0.25) is 0 Å². The minimum Gasteiger partial charge on any atom is -0.481 e. The molecule has 1 heterocycles. The van der Waals surface area contributed by atoms with Gasteiger partial charge in [-0.15, -0.1) is 0 Å². The van der Waals surface area contributed by atoms with E-state index in [2.05, 4.69) is 5.32 Å². The molecule has 0 aromatic carbocycles. The first-order chi connectivity index (χ1) is 9.40. The van der Waals surface area contributed by atoms with Crippen molar-refractivity contribution in [1.82, 2.24) is 9.88 Å². The number of hydrogen-bond acceptors (Lipinski definition) is 4. The quantitative estimate of drug-likeness (QED) is 0.606. The van der Waals surface area contributed by atoms with E-state index in [0.717, 1.165) is 0 Å². The fraction of sp³-hybridized carbons (Fsp3) is 0.333. The summed E-state index contributed by atoms with van der Waals surface area (Å²) in [5.41, 5.74) is -0.277. The van der Waals surface area contributed by atoms with Crippen molar-refractivity contribution in [3.05, 3.63) is 34.7 Å². The molecule has 3 N–H and O–H groups in total. The maximum absolute atomic E-state index is 11.5. The summed E-state index contributed by atoms with van der Waals surface area (Å²) >= 11 is 0. The van der Waals surface area contributed by atoms with Crippen molar-refractivity contribution in [3.8, 4) is 0 Å². The molecule has 1 aromatic rings. The molecule has 108 valence electrons. The van der Waals surface area contributed by atoms with Crippen molar-refractivity contribution < 1.29 is 24.6 Å². The highest BCUT2D eigenvalue weighted by atomic mass is 16.4. The lowest BCUT2D eigenvalue weighted by molar-refractivity contribution is -0.147. The van der Waals surface area contributed by atoms with Gasteiger partial charge in [0.05, 0.1) is 6.42 Å². The second kappa shape index (κ2) is 7.07. The number of carbonyl (C=O) groups is 3. The first kappa shape index (κ1) is 15.4. The van der Waals surface area contributed by atoms with E-state index in [1.807, 2.05) is 0 Å². The van der Waals surface area contributed by atoms with Crippen molar-refractivity contribution in [2.75, 3.05) is 0 Å². The van der Waals surface area contributed by atoms with Crippen LogP contribution in [-0.4, -0.2) is 38.7 Å². The van der Waals surface area contributed by atoms with Gasteiger partial charge < -0.3 is 20.1 Å². The van der Waals surface area contributed by atoms with Crippen LogP contribution in [0, 0.1) is 0 Å². The van der Waals surface area contributed by atoms with E-state index in [9.17, 15) is 19.2 Å². The lowest BCUT2D eigenvalue weighted by atomic mass is 10.2. The smallest absolute Gasteiger partial charge is 0.326 e. The maximum atomic E-state index is 11.5. The molecule has 0 fully saturated rings. The highest BCUT2D eigenvalue weighted by Crippen LogP contribution is 1.95. The minimum absolute atomic E-state index is 0.0882.